The minimum atomic E-state index is -0.511. The molecule has 1 aromatic rings. The predicted molar refractivity (Wildman–Crippen MR) is 86.8 cm³/mol. The molecule has 0 bridgehead atoms. The number of halogens is 1. The molecule has 1 saturated heterocycles. The van der Waals surface area contributed by atoms with Crippen LogP contribution in [0, 0.1) is 5.82 Å². The van der Waals surface area contributed by atoms with Crippen LogP contribution in [0.4, 0.5) is 4.39 Å². The summed E-state index contributed by atoms with van der Waals surface area (Å²) in [6.45, 7) is 7.47. The Labute approximate surface area is 137 Å². The van der Waals surface area contributed by atoms with Crippen molar-refractivity contribution in [2.24, 2.45) is 0 Å². The van der Waals surface area contributed by atoms with Crippen LogP contribution in [-0.2, 0) is 19.7 Å². The monoisotopic (exact) mass is 323 g/mol. The molecule has 1 aliphatic heterocycles. The van der Waals surface area contributed by atoms with E-state index >= 15 is 0 Å². The van der Waals surface area contributed by atoms with Crippen molar-refractivity contribution in [1.82, 2.24) is 5.32 Å². The van der Waals surface area contributed by atoms with Gasteiger partial charge in [-0.1, -0.05) is 26.0 Å². The van der Waals surface area contributed by atoms with E-state index in [0.29, 0.717) is 13.2 Å². The fraction of sp³-hybridized carbons (Fsp3) is 0.611. The molecule has 0 spiro atoms. The summed E-state index contributed by atoms with van der Waals surface area (Å²) in [4.78, 5) is 12.1. The molecule has 1 amide bonds. The van der Waals surface area contributed by atoms with Gasteiger partial charge in [0.25, 0.3) is 0 Å². The molecule has 23 heavy (non-hydrogen) atoms. The molecular formula is C18H26FNO3. The third-order valence-electron chi connectivity index (χ3n) is 4.26. The Morgan fingerprint density at radius 2 is 2.13 bits per heavy atom. The average molecular weight is 323 g/mol. The second-order valence-electron chi connectivity index (χ2n) is 6.72. The number of benzene rings is 1. The van der Waals surface area contributed by atoms with E-state index in [-0.39, 0.29) is 23.2 Å². The summed E-state index contributed by atoms with van der Waals surface area (Å²) in [6, 6.07) is 6.37. The van der Waals surface area contributed by atoms with Crippen LogP contribution in [0.3, 0.4) is 0 Å². The van der Waals surface area contributed by atoms with Gasteiger partial charge in [-0.05, 0) is 37.5 Å². The Hall–Kier alpha value is -1.46. The Balaban J connectivity index is 1.78. The van der Waals surface area contributed by atoms with Crippen molar-refractivity contribution in [3.8, 4) is 0 Å². The van der Waals surface area contributed by atoms with Crippen LogP contribution >= 0.6 is 0 Å². The summed E-state index contributed by atoms with van der Waals surface area (Å²) >= 11 is 0. The van der Waals surface area contributed by atoms with Crippen molar-refractivity contribution in [3.63, 3.8) is 0 Å². The molecule has 2 rings (SSSR count). The fourth-order valence-electron chi connectivity index (χ4n) is 2.56. The first-order valence-electron chi connectivity index (χ1n) is 8.15. The summed E-state index contributed by atoms with van der Waals surface area (Å²) in [5, 5.41) is 2.91. The number of ether oxygens (including phenoxy) is 2. The molecule has 0 radical (unpaired) electrons. The molecule has 0 aromatic heterocycles. The van der Waals surface area contributed by atoms with Crippen molar-refractivity contribution >= 4 is 5.91 Å². The van der Waals surface area contributed by atoms with Crippen molar-refractivity contribution in [3.05, 3.63) is 35.6 Å². The van der Waals surface area contributed by atoms with Gasteiger partial charge in [-0.25, -0.2) is 4.39 Å². The molecule has 1 heterocycles. The fourth-order valence-corrected chi connectivity index (χ4v) is 2.56. The van der Waals surface area contributed by atoms with Gasteiger partial charge in [0.05, 0.1) is 12.7 Å². The zero-order valence-corrected chi connectivity index (χ0v) is 14.1. The molecule has 0 aliphatic carbocycles. The van der Waals surface area contributed by atoms with Gasteiger partial charge in [0, 0.05) is 18.6 Å². The number of carbonyl (C=O) groups excluding carboxylic acids is 1. The summed E-state index contributed by atoms with van der Waals surface area (Å²) in [5.74, 6) is -0.400. The third-order valence-corrected chi connectivity index (χ3v) is 4.26. The number of rotatable bonds is 7. The summed E-state index contributed by atoms with van der Waals surface area (Å²) in [6.07, 6.45) is 1.65. The first kappa shape index (κ1) is 17.9. The lowest BCUT2D eigenvalue weighted by Gasteiger charge is -2.26. The Bertz CT molecular complexity index is 510. The Morgan fingerprint density at radius 3 is 2.74 bits per heavy atom. The molecule has 128 valence electrons. The largest absolute Gasteiger partial charge is 0.376 e. The number of hydrogen-bond donors (Lipinski definition) is 1. The Morgan fingerprint density at radius 1 is 1.43 bits per heavy atom. The topological polar surface area (TPSA) is 47.6 Å². The molecule has 5 heteroatoms. The van der Waals surface area contributed by atoms with E-state index in [1.54, 1.807) is 19.1 Å². The summed E-state index contributed by atoms with van der Waals surface area (Å²) in [7, 11) is 0. The zero-order chi connectivity index (χ0) is 16.9. The lowest BCUT2D eigenvalue weighted by atomic mass is 9.84. The number of amides is 1. The summed E-state index contributed by atoms with van der Waals surface area (Å²) in [5.41, 5.74) is 0.699. The standard InChI is InChI=1S/C18H26FNO3/c1-13(23-11-16-5-4-10-22-16)17(21)20-12-18(2,3)14-6-8-15(19)9-7-14/h6-9,13,16H,4-5,10-12H2,1-3H3,(H,20,21)/t13-,16+/m0/s1. The first-order valence-corrected chi connectivity index (χ1v) is 8.15. The average Bonchev–Trinajstić information content (AvgIpc) is 3.04. The minimum absolute atomic E-state index is 0.112. The maximum absolute atomic E-state index is 13.0. The van der Waals surface area contributed by atoms with Crippen LogP contribution in [0.2, 0.25) is 0 Å². The smallest absolute Gasteiger partial charge is 0.248 e. The molecule has 0 unspecified atom stereocenters. The van der Waals surface area contributed by atoms with Crippen LogP contribution in [-0.4, -0.2) is 37.9 Å². The van der Waals surface area contributed by atoms with E-state index in [2.05, 4.69) is 5.32 Å². The molecule has 1 fully saturated rings. The molecule has 0 saturated carbocycles. The first-order chi connectivity index (χ1) is 10.9. The maximum atomic E-state index is 13.0. The van der Waals surface area contributed by atoms with E-state index in [1.165, 1.54) is 12.1 Å². The third kappa shape index (κ3) is 5.29. The van der Waals surface area contributed by atoms with Gasteiger partial charge in [-0.2, -0.15) is 0 Å². The van der Waals surface area contributed by atoms with E-state index in [0.717, 1.165) is 25.0 Å². The van der Waals surface area contributed by atoms with Crippen molar-refractivity contribution in [1.29, 1.82) is 0 Å². The highest BCUT2D eigenvalue weighted by atomic mass is 19.1. The van der Waals surface area contributed by atoms with Gasteiger partial charge in [-0.3, -0.25) is 4.79 Å². The lowest BCUT2D eigenvalue weighted by Crippen LogP contribution is -2.42. The molecule has 2 atom stereocenters. The SMILES string of the molecule is C[C@H](OC[C@H]1CCCO1)C(=O)NCC(C)(C)c1ccc(F)cc1. The molecule has 4 nitrogen and oxygen atoms in total. The molecule has 1 N–H and O–H groups in total. The number of carbonyl (C=O) groups is 1. The van der Waals surface area contributed by atoms with Gasteiger partial charge < -0.3 is 14.8 Å². The van der Waals surface area contributed by atoms with E-state index in [1.807, 2.05) is 13.8 Å². The van der Waals surface area contributed by atoms with Gasteiger partial charge in [0.2, 0.25) is 5.91 Å². The van der Waals surface area contributed by atoms with Crippen molar-refractivity contribution in [2.75, 3.05) is 19.8 Å². The zero-order valence-electron chi connectivity index (χ0n) is 14.1. The maximum Gasteiger partial charge on any atom is 0.248 e. The highest BCUT2D eigenvalue weighted by Gasteiger charge is 2.24. The van der Waals surface area contributed by atoms with Crippen molar-refractivity contribution < 1.29 is 18.7 Å². The molecular weight excluding hydrogens is 297 g/mol. The van der Waals surface area contributed by atoms with Crippen LogP contribution in [0.25, 0.3) is 0 Å². The van der Waals surface area contributed by atoms with Gasteiger partial charge in [0.15, 0.2) is 0 Å². The van der Waals surface area contributed by atoms with E-state index in [4.69, 9.17) is 9.47 Å². The van der Waals surface area contributed by atoms with Gasteiger partial charge in [-0.15, -0.1) is 0 Å². The lowest BCUT2D eigenvalue weighted by molar-refractivity contribution is -0.133. The summed E-state index contributed by atoms with van der Waals surface area (Å²) < 4.78 is 24.1. The normalized spacial score (nSPS) is 19.6. The number of nitrogens with one attached hydrogen (secondary N) is 1. The quantitative estimate of drug-likeness (QED) is 0.839. The highest BCUT2D eigenvalue weighted by Crippen LogP contribution is 2.22. The predicted octanol–water partition coefficient (Wildman–Crippen LogP) is 2.80. The molecule has 1 aliphatic rings. The van der Waals surface area contributed by atoms with Gasteiger partial charge >= 0.3 is 0 Å². The van der Waals surface area contributed by atoms with Crippen LogP contribution in [0.1, 0.15) is 39.2 Å². The van der Waals surface area contributed by atoms with E-state index in [9.17, 15) is 9.18 Å². The van der Waals surface area contributed by atoms with Gasteiger partial charge in [0.1, 0.15) is 11.9 Å². The Kier molecular flexibility index (Phi) is 6.13. The van der Waals surface area contributed by atoms with Crippen LogP contribution in [0.15, 0.2) is 24.3 Å². The second-order valence-corrected chi connectivity index (χ2v) is 6.72. The second kappa shape index (κ2) is 7.88. The number of hydrogen-bond acceptors (Lipinski definition) is 3. The van der Waals surface area contributed by atoms with Crippen LogP contribution in [0.5, 0.6) is 0 Å². The van der Waals surface area contributed by atoms with Crippen molar-refractivity contribution in [2.45, 2.75) is 51.2 Å². The highest BCUT2D eigenvalue weighted by molar-refractivity contribution is 5.80. The van der Waals surface area contributed by atoms with Crippen LogP contribution < -0.4 is 5.32 Å². The minimum Gasteiger partial charge on any atom is -0.376 e. The van der Waals surface area contributed by atoms with E-state index < -0.39 is 6.10 Å². The molecule has 1 aromatic carbocycles.